The zero-order valence-corrected chi connectivity index (χ0v) is 12.9. The number of hydrogen-bond donors (Lipinski definition) is 1. The van der Waals surface area contributed by atoms with Crippen molar-refractivity contribution in [1.29, 1.82) is 10.5 Å². The fourth-order valence-electron chi connectivity index (χ4n) is 2.48. The molecule has 5 nitrogen and oxygen atoms in total. The van der Waals surface area contributed by atoms with Crippen molar-refractivity contribution in [3.63, 3.8) is 0 Å². The molecule has 0 saturated heterocycles. The second-order valence-corrected chi connectivity index (χ2v) is 5.30. The van der Waals surface area contributed by atoms with Gasteiger partial charge in [0.15, 0.2) is 0 Å². The van der Waals surface area contributed by atoms with Crippen LogP contribution >= 0.6 is 0 Å². The summed E-state index contributed by atoms with van der Waals surface area (Å²) in [5, 5.41) is 18.0. The van der Waals surface area contributed by atoms with Gasteiger partial charge in [-0.25, -0.2) is 0 Å². The Hall–Kier alpha value is -3.70. The SMILES string of the molecule is Cc1cc(-c2ccc(-c3ccc(C#N)cn3)cc2)c(C#N)c(=O)[nH]1. The molecule has 2 heterocycles. The predicted octanol–water partition coefficient (Wildman–Crippen LogP) is 3.16. The van der Waals surface area contributed by atoms with E-state index < -0.39 is 0 Å². The van der Waals surface area contributed by atoms with Crippen LogP contribution in [0.15, 0.2) is 53.5 Å². The van der Waals surface area contributed by atoms with Gasteiger partial charge in [0.1, 0.15) is 17.7 Å². The molecule has 24 heavy (non-hydrogen) atoms. The Labute approximate surface area is 138 Å². The van der Waals surface area contributed by atoms with Crippen LogP contribution in [0.5, 0.6) is 0 Å². The molecule has 1 aromatic carbocycles. The van der Waals surface area contributed by atoms with Crippen LogP contribution < -0.4 is 5.56 Å². The smallest absolute Gasteiger partial charge is 0.266 e. The monoisotopic (exact) mass is 312 g/mol. The molecule has 0 atom stereocenters. The molecule has 0 unspecified atom stereocenters. The summed E-state index contributed by atoms with van der Waals surface area (Å²) < 4.78 is 0. The summed E-state index contributed by atoms with van der Waals surface area (Å²) in [5.74, 6) is 0. The molecule has 0 bridgehead atoms. The van der Waals surface area contributed by atoms with Gasteiger partial charge in [0.25, 0.3) is 5.56 Å². The van der Waals surface area contributed by atoms with Crippen molar-refractivity contribution in [3.05, 3.63) is 75.8 Å². The van der Waals surface area contributed by atoms with Crippen molar-refractivity contribution >= 4 is 0 Å². The van der Waals surface area contributed by atoms with E-state index in [1.807, 2.05) is 36.4 Å². The molecule has 0 aliphatic heterocycles. The quantitative estimate of drug-likeness (QED) is 0.786. The van der Waals surface area contributed by atoms with Crippen LogP contribution in [0.4, 0.5) is 0 Å². The molecule has 114 valence electrons. The number of nitriles is 2. The van der Waals surface area contributed by atoms with E-state index in [1.165, 1.54) is 6.20 Å². The lowest BCUT2D eigenvalue weighted by Gasteiger charge is -2.07. The van der Waals surface area contributed by atoms with Crippen LogP contribution in [0.3, 0.4) is 0 Å². The van der Waals surface area contributed by atoms with E-state index in [9.17, 15) is 10.1 Å². The van der Waals surface area contributed by atoms with Gasteiger partial charge in [-0.05, 0) is 30.7 Å². The number of aryl methyl sites for hydroxylation is 1. The Kier molecular flexibility index (Phi) is 3.93. The first kappa shape index (κ1) is 15.2. The number of aromatic amines is 1. The second-order valence-electron chi connectivity index (χ2n) is 5.30. The first-order valence-electron chi connectivity index (χ1n) is 7.23. The average molecular weight is 312 g/mol. The topological polar surface area (TPSA) is 93.3 Å². The highest BCUT2D eigenvalue weighted by molar-refractivity contribution is 5.73. The van der Waals surface area contributed by atoms with Crippen molar-refractivity contribution in [2.24, 2.45) is 0 Å². The van der Waals surface area contributed by atoms with Gasteiger partial charge in [0.05, 0.1) is 11.3 Å². The lowest BCUT2D eigenvalue weighted by molar-refractivity contribution is 1.13. The maximum atomic E-state index is 11.9. The van der Waals surface area contributed by atoms with Crippen molar-refractivity contribution in [2.75, 3.05) is 0 Å². The fourth-order valence-corrected chi connectivity index (χ4v) is 2.48. The molecular formula is C19H12N4O. The third kappa shape index (κ3) is 2.79. The first-order valence-corrected chi connectivity index (χ1v) is 7.23. The summed E-state index contributed by atoms with van der Waals surface area (Å²) in [4.78, 5) is 18.8. The van der Waals surface area contributed by atoms with Gasteiger partial charge >= 0.3 is 0 Å². The van der Waals surface area contributed by atoms with Gasteiger partial charge in [0, 0.05) is 23.0 Å². The second kappa shape index (κ2) is 6.20. The molecule has 0 amide bonds. The summed E-state index contributed by atoms with van der Waals surface area (Å²) >= 11 is 0. The molecule has 0 spiro atoms. The minimum absolute atomic E-state index is 0.102. The van der Waals surface area contributed by atoms with Crippen LogP contribution in [0.25, 0.3) is 22.4 Å². The minimum atomic E-state index is -0.384. The van der Waals surface area contributed by atoms with E-state index in [0.717, 1.165) is 16.8 Å². The Balaban J connectivity index is 2.03. The number of nitrogens with zero attached hydrogens (tertiary/aromatic N) is 3. The Morgan fingerprint density at radius 2 is 1.71 bits per heavy atom. The normalized spacial score (nSPS) is 9.96. The first-order chi connectivity index (χ1) is 11.6. The van der Waals surface area contributed by atoms with E-state index in [-0.39, 0.29) is 11.1 Å². The van der Waals surface area contributed by atoms with Crippen LogP contribution in [-0.4, -0.2) is 9.97 Å². The number of hydrogen-bond acceptors (Lipinski definition) is 4. The summed E-state index contributed by atoms with van der Waals surface area (Å²) in [7, 11) is 0. The molecular weight excluding hydrogens is 300 g/mol. The molecule has 0 fully saturated rings. The fraction of sp³-hybridized carbons (Fsp3) is 0.0526. The van der Waals surface area contributed by atoms with Gasteiger partial charge < -0.3 is 4.98 Å². The number of benzene rings is 1. The lowest BCUT2D eigenvalue weighted by Crippen LogP contribution is -2.12. The number of pyridine rings is 2. The zero-order chi connectivity index (χ0) is 17.1. The van der Waals surface area contributed by atoms with Gasteiger partial charge in [0.2, 0.25) is 0 Å². The molecule has 3 aromatic rings. The zero-order valence-electron chi connectivity index (χ0n) is 12.9. The number of H-pyrrole nitrogens is 1. The standard InChI is InChI=1S/C19H12N4O/c1-12-8-16(17(10-21)19(24)23-12)14-3-5-15(6-4-14)18-7-2-13(9-20)11-22-18/h2-8,11H,1H3,(H,23,24). The van der Waals surface area contributed by atoms with Crippen molar-refractivity contribution in [1.82, 2.24) is 9.97 Å². The van der Waals surface area contributed by atoms with Crippen LogP contribution in [-0.2, 0) is 0 Å². The summed E-state index contributed by atoms with van der Waals surface area (Å²) in [6, 6.07) is 16.7. The molecule has 0 radical (unpaired) electrons. The van der Waals surface area contributed by atoms with E-state index >= 15 is 0 Å². The Bertz CT molecular complexity index is 1030. The number of aromatic nitrogens is 2. The Morgan fingerprint density at radius 1 is 1.00 bits per heavy atom. The Morgan fingerprint density at radius 3 is 2.29 bits per heavy atom. The molecule has 0 aliphatic rings. The van der Waals surface area contributed by atoms with E-state index in [1.54, 1.807) is 25.1 Å². The van der Waals surface area contributed by atoms with E-state index in [4.69, 9.17) is 5.26 Å². The highest BCUT2D eigenvalue weighted by atomic mass is 16.1. The minimum Gasteiger partial charge on any atom is -0.325 e. The third-order valence-electron chi connectivity index (χ3n) is 3.66. The number of nitrogens with one attached hydrogen (secondary N) is 1. The lowest BCUT2D eigenvalue weighted by atomic mass is 9.99. The predicted molar refractivity (Wildman–Crippen MR) is 89.9 cm³/mol. The molecule has 1 N–H and O–H groups in total. The highest BCUT2D eigenvalue weighted by Gasteiger charge is 2.10. The van der Waals surface area contributed by atoms with Crippen LogP contribution in [0.1, 0.15) is 16.8 Å². The highest BCUT2D eigenvalue weighted by Crippen LogP contribution is 2.25. The third-order valence-corrected chi connectivity index (χ3v) is 3.66. The molecule has 3 rings (SSSR count). The van der Waals surface area contributed by atoms with Gasteiger partial charge in [-0.15, -0.1) is 0 Å². The van der Waals surface area contributed by atoms with Gasteiger partial charge in [-0.1, -0.05) is 24.3 Å². The van der Waals surface area contributed by atoms with E-state index in [2.05, 4.69) is 9.97 Å². The maximum Gasteiger partial charge on any atom is 0.266 e. The molecule has 2 aromatic heterocycles. The molecule has 5 heteroatoms. The van der Waals surface area contributed by atoms with Crippen molar-refractivity contribution < 1.29 is 0 Å². The summed E-state index contributed by atoms with van der Waals surface area (Å²) in [5.41, 5.74) is 3.97. The van der Waals surface area contributed by atoms with Crippen LogP contribution in [0, 0.1) is 29.6 Å². The van der Waals surface area contributed by atoms with Crippen molar-refractivity contribution in [2.45, 2.75) is 6.92 Å². The van der Waals surface area contributed by atoms with Gasteiger partial charge in [-0.3, -0.25) is 9.78 Å². The largest absolute Gasteiger partial charge is 0.325 e. The van der Waals surface area contributed by atoms with E-state index in [0.29, 0.717) is 16.8 Å². The summed E-state index contributed by atoms with van der Waals surface area (Å²) in [6.45, 7) is 1.78. The summed E-state index contributed by atoms with van der Waals surface area (Å²) in [6.07, 6.45) is 1.52. The van der Waals surface area contributed by atoms with Crippen LogP contribution in [0.2, 0.25) is 0 Å². The maximum absolute atomic E-state index is 11.9. The molecule has 0 saturated carbocycles. The average Bonchev–Trinajstić information content (AvgIpc) is 2.61. The van der Waals surface area contributed by atoms with Crippen molar-refractivity contribution in [3.8, 4) is 34.5 Å². The molecule has 0 aliphatic carbocycles. The van der Waals surface area contributed by atoms with Gasteiger partial charge in [-0.2, -0.15) is 10.5 Å². The number of rotatable bonds is 2.